The van der Waals surface area contributed by atoms with Crippen molar-refractivity contribution >= 4 is 16.8 Å². The summed E-state index contributed by atoms with van der Waals surface area (Å²) < 4.78 is 43.3. The lowest BCUT2D eigenvalue weighted by atomic mass is 10.1. The van der Waals surface area contributed by atoms with E-state index in [1.165, 1.54) is 7.11 Å². The molecule has 142 valence electrons. The molecule has 0 aliphatic carbocycles. The topological polar surface area (TPSA) is 87.3 Å². The van der Waals surface area contributed by atoms with Crippen LogP contribution in [0, 0.1) is 0 Å². The van der Waals surface area contributed by atoms with Gasteiger partial charge >= 0.3 is 6.18 Å². The number of benzene rings is 1. The molecule has 26 heavy (non-hydrogen) atoms. The van der Waals surface area contributed by atoms with Gasteiger partial charge in [-0.2, -0.15) is 13.2 Å². The van der Waals surface area contributed by atoms with Gasteiger partial charge in [0.2, 0.25) is 5.91 Å². The monoisotopic (exact) mass is 372 g/mol. The highest BCUT2D eigenvalue weighted by Crippen LogP contribution is 2.30. The number of amides is 1. The number of carbonyl (C=O) groups is 1. The Kier molecular flexibility index (Phi) is 6.32. The van der Waals surface area contributed by atoms with Crippen LogP contribution >= 0.6 is 0 Å². The van der Waals surface area contributed by atoms with Gasteiger partial charge in [-0.25, -0.2) is 4.98 Å². The highest BCUT2D eigenvalue weighted by Gasteiger charge is 2.30. The van der Waals surface area contributed by atoms with E-state index in [9.17, 15) is 22.8 Å². The second-order valence-corrected chi connectivity index (χ2v) is 5.76. The van der Waals surface area contributed by atoms with Gasteiger partial charge in [-0.15, -0.1) is 0 Å². The summed E-state index contributed by atoms with van der Waals surface area (Å²) in [6, 6.07) is 2.78. The number of hydrogen-bond acceptors (Lipinski definition) is 5. The number of aromatic nitrogens is 2. The summed E-state index contributed by atoms with van der Waals surface area (Å²) in [4.78, 5) is 32.0. The van der Waals surface area contributed by atoms with Crippen molar-refractivity contribution in [1.29, 1.82) is 0 Å². The molecule has 1 amide bonds. The van der Waals surface area contributed by atoms with Gasteiger partial charge in [0.25, 0.3) is 5.56 Å². The molecular weight excluding hydrogens is 353 g/mol. The van der Waals surface area contributed by atoms with Crippen LogP contribution < -0.4 is 10.9 Å². The maximum atomic E-state index is 12.8. The summed E-state index contributed by atoms with van der Waals surface area (Å²) in [5, 5.41) is 2.71. The van der Waals surface area contributed by atoms with E-state index in [-0.39, 0.29) is 35.7 Å². The minimum atomic E-state index is -4.52. The Labute approximate surface area is 147 Å². The molecule has 0 atom stereocenters. The first kappa shape index (κ1) is 19.9. The van der Waals surface area contributed by atoms with Crippen LogP contribution in [0.15, 0.2) is 23.0 Å². The summed E-state index contributed by atoms with van der Waals surface area (Å²) >= 11 is 0. The minimum Gasteiger partial charge on any atom is -0.383 e. The number of rotatable bonds is 7. The molecule has 7 nitrogen and oxygen atoms in total. The third-order valence-corrected chi connectivity index (χ3v) is 3.54. The van der Waals surface area contributed by atoms with Crippen LogP contribution in [-0.4, -0.2) is 54.6 Å². The number of likely N-dealkylation sites (N-methyl/N-ethyl adjacent to an activating group) is 1. The second kappa shape index (κ2) is 8.28. The van der Waals surface area contributed by atoms with Crippen LogP contribution in [0.4, 0.5) is 13.2 Å². The molecular formula is C16H19F3N4O3. The highest BCUT2D eigenvalue weighted by atomic mass is 19.4. The molecule has 1 heterocycles. The lowest BCUT2D eigenvalue weighted by molar-refractivity contribution is -0.137. The maximum absolute atomic E-state index is 12.8. The molecule has 1 aromatic heterocycles. The maximum Gasteiger partial charge on any atom is 0.416 e. The average molecular weight is 372 g/mol. The van der Waals surface area contributed by atoms with Crippen molar-refractivity contribution in [3.63, 3.8) is 0 Å². The third-order valence-electron chi connectivity index (χ3n) is 3.54. The highest BCUT2D eigenvalue weighted by molar-refractivity contribution is 5.78. The minimum absolute atomic E-state index is 0.0358. The fourth-order valence-electron chi connectivity index (χ4n) is 2.34. The Balaban J connectivity index is 2.14. The summed E-state index contributed by atoms with van der Waals surface area (Å²) in [5.74, 6) is -0.0685. The quantitative estimate of drug-likeness (QED) is 0.712. The normalized spacial score (nSPS) is 11.9. The molecule has 0 fully saturated rings. The van der Waals surface area contributed by atoms with Crippen LogP contribution in [0.2, 0.25) is 0 Å². The zero-order valence-corrected chi connectivity index (χ0v) is 14.3. The standard InChI is InChI=1S/C16H19F3N4O3/c1-23(9-14(24)20-5-6-26-2)8-13-21-12-7-10(16(17,18)19)3-4-11(12)15(25)22-13/h3-4,7H,5-6,8-9H2,1-2H3,(H,20,24)(H,21,22,25). The molecule has 1 aromatic carbocycles. The molecule has 2 N–H and O–H groups in total. The zero-order valence-electron chi connectivity index (χ0n) is 14.3. The van der Waals surface area contributed by atoms with Crippen LogP contribution in [0.1, 0.15) is 11.4 Å². The van der Waals surface area contributed by atoms with Gasteiger partial charge in [-0.05, 0) is 25.2 Å². The molecule has 10 heteroatoms. The number of fused-ring (bicyclic) bond motifs is 1. The largest absolute Gasteiger partial charge is 0.416 e. The molecule has 0 aliphatic rings. The second-order valence-electron chi connectivity index (χ2n) is 5.76. The molecule has 2 rings (SSSR count). The summed E-state index contributed by atoms with van der Waals surface area (Å²) in [7, 11) is 3.15. The third kappa shape index (κ3) is 5.27. The predicted octanol–water partition coefficient (Wildman–Crippen LogP) is 1.14. The number of aromatic amines is 1. The van der Waals surface area contributed by atoms with E-state index in [4.69, 9.17) is 4.74 Å². The van der Waals surface area contributed by atoms with Crippen LogP contribution in [0.3, 0.4) is 0 Å². The Morgan fingerprint density at radius 1 is 1.38 bits per heavy atom. The van der Waals surface area contributed by atoms with Gasteiger partial charge in [-0.1, -0.05) is 0 Å². The SMILES string of the molecule is COCCNC(=O)CN(C)Cc1nc2cc(C(F)(F)F)ccc2c(=O)[nH]1. The first-order valence-electron chi connectivity index (χ1n) is 7.75. The van der Waals surface area contributed by atoms with Gasteiger partial charge in [0, 0.05) is 13.7 Å². The fraction of sp³-hybridized carbons (Fsp3) is 0.438. The first-order valence-corrected chi connectivity index (χ1v) is 7.75. The van der Waals surface area contributed by atoms with Crippen molar-refractivity contribution in [2.75, 3.05) is 33.9 Å². The van der Waals surface area contributed by atoms with E-state index in [1.807, 2.05) is 0 Å². The van der Waals surface area contributed by atoms with Gasteiger partial charge in [-0.3, -0.25) is 14.5 Å². The summed E-state index contributed by atoms with van der Waals surface area (Å²) in [5.41, 5.74) is -1.45. The van der Waals surface area contributed by atoms with Crippen LogP contribution in [0.5, 0.6) is 0 Å². The number of ether oxygens (including phenoxy) is 1. The van der Waals surface area contributed by atoms with Gasteiger partial charge in [0.05, 0.1) is 36.2 Å². The van der Waals surface area contributed by atoms with E-state index in [1.54, 1.807) is 11.9 Å². The van der Waals surface area contributed by atoms with E-state index in [2.05, 4.69) is 15.3 Å². The number of methoxy groups -OCH3 is 1. The average Bonchev–Trinajstić information content (AvgIpc) is 2.53. The number of nitrogens with one attached hydrogen (secondary N) is 2. The number of alkyl halides is 3. The first-order chi connectivity index (χ1) is 12.2. The number of halogens is 3. The molecule has 0 spiro atoms. The lowest BCUT2D eigenvalue weighted by Gasteiger charge is -2.16. The van der Waals surface area contributed by atoms with Gasteiger partial charge < -0.3 is 15.0 Å². The molecule has 2 aromatic rings. The Morgan fingerprint density at radius 3 is 2.77 bits per heavy atom. The molecule has 0 unspecified atom stereocenters. The predicted molar refractivity (Wildman–Crippen MR) is 88.6 cm³/mol. The van der Waals surface area contributed by atoms with E-state index < -0.39 is 17.3 Å². The number of hydrogen-bond donors (Lipinski definition) is 2. The number of nitrogens with zero attached hydrogens (tertiary/aromatic N) is 2. The Bertz CT molecular complexity index is 836. The van der Waals surface area contributed by atoms with Gasteiger partial charge in [0.1, 0.15) is 5.82 Å². The zero-order chi connectivity index (χ0) is 19.3. The molecule has 0 bridgehead atoms. The van der Waals surface area contributed by atoms with Crippen molar-refractivity contribution in [1.82, 2.24) is 20.2 Å². The van der Waals surface area contributed by atoms with E-state index in [0.29, 0.717) is 13.2 Å². The summed E-state index contributed by atoms with van der Waals surface area (Å²) in [6.07, 6.45) is -4.52. The molecule has 0 saturated carbocycles. The smallest absolute Gasteiger partial charge is 0.383 e. The van der Waals surface area contributed by atoms with Crippen molar-refractivity contribution in [2.24, 2.45) is 0 Å². The number of carbonyl (C=O) groups excluding carboxylic acids is 1. The molecule has 0 saturated heterocycles. The Hall–Kier alpha value is -2.46. The van der Waals surface area contributed by atoms with Crippen molar-refractivity contribution in [3.8, 4) is 0 Å². The van der Waals surface area contributed by atoms with Crippen LogP contribution in [0.25, 0.3) is 10.9 Å². The van der Waals surface area contributed by atoms with E-state index in [0.717, 1.165) is 18.2 Å². The summed E-state index contributed by atoms with van der Waals surface area (Å²) in [6.45, 7) is 0.887. The molecule has 0 radical (unpaired) electrons. The van der Waals surface area contributed by atoms with Crippen molar-refractivity contribution in [2.45, 2.75) is 12.7 Å². The van der Waals surface area contributed by atoms with Crippen LogP contribution in [-0.2, 0) is 22.3 Å². The van der Waals surface area contributed by atoms with Crippen molar-refractivity contribution < 1.29 is 22.7 Å². The number of H-pyrrole nitrogens is 1. The fourth-order valence-corrected chi connectivity index (χ4v) is 2.34. The van der Waals surface area contributed by atoms with E-state index >= 15 is 0 Å². The molecule has 0 aliphatic heterocycles. The Morgan fingerprint density at radius 2 is 2.12 bits per heavy atom. The van der Waals surface area contributed by atoms with Crippen molar-refractivity contribution in [3.05, 3.63) is 39.9 Å². The van der Waals surface area contributed by atoms with Gasteiger partial charge in [0.15, 0.2) is 0 Å². The lowest BCUT2D eigenvalue weighted by Crippen LogP contribution is -2.36.